The predicted octanol–water partition coefficient (Wildman–Crippen LogP) is -3.74. The Labute approximate surface area is 170 Å². The molecular weight excluding hydrogens is 406 g/mol. The number of nitrogens with one attached hydrogen (secondary N) is 4. The van der Waals surface area contributed by atoms with Crippen molar-refractivity contribution in [3.63, 3.8) is 0 Å². The van der Waals surface area contributed by atoms with Gasteiger partial charge in [-0.2, -0.15) is 12.6 Å². The summed E-state index contributed by atoms with van der Waals surface area (Å²) < 4.78 is 0. The zero-order valence-corrected chi connectivity index (χ0v) is 16.1. The van der Waals surface area contributed by atoms with Crippen LogP contribution < -0.4 is 27.4 Å². The topological polar surface area (TPSA) is 222 Å². The summed E-state index contributed by atoms with van der Waals surface area (Å²) in [7, 11) is 0. The number of amides is 4. The number of aromatic nitrogens is 2. The van der Waals surface area contributed by atoms with Gasteiger partial charge in [-0.15, -0.1) is 0 Å². The Balaban J connectivity index is 2.80. The molecule has 13 nitrogen and oxygen atoms in total. The molecule has 0 aliphatic rings. The summed E-state index contributed by atoms with van der Waals surface area (Å²) in [5.41, 5.74) is 10.7. The van der Waals surface area contributed by atoms with Gasteiger partial charge >= 0.3 is 5.97 Å². The number of nitrogens with two attached hydrogens (primary N) is 2. The first kappa shape index (κ1) is 23.9. The number of primary amides is 1. The van der Waals surface area contributed by atoms with Crippen LogP contribution in [0, 0.1) is 0 Å². The highest BCUT2D eigenvalue weighted by Crippen LogP contribution is 2.01. The Kier molecular flexibility index (Phi) is 9.61. The van der Waals surface area contributed by atoms with E-state index in [0.717, 1.165) is 0 Å². The predicted molar refractivity (Wildman–Crippen MR) is 102 cm³/mol. The quantitative estimate of drug-likeness (QED) is 0.154. The van der Waals surface area contributed by atoms with Crippen molar-refractivity contribution in [2.75, 3.05) is 12.3 Å². The van der Waals surface area contributed by atoms with Gasteiger partial charge in [-0.05, 0) is 0 Å². The maximum absolute atomic E-state index is 12.4. The first-order valence-corrected chi connectivity index (χ1v) is 9.00. The molecule has 0 fully saturated rings. The van der Waals surface area contributed by atoms with Crippen LogP contribution in [0.2, 0.25) is 0 Å². The summed E-state index contributed by atoms with van der Waals surface area (Å²) >= 11 is 3.98. The van der Waals surface area contributed by atoms with Crippen molar-refractivity contribution in [3.8, 4) is 0 Å². The average Bonchev–Trinajstić information content (AvgIpc) is 3.17. The molecular formula is C15H23N7O6S. The molecule has 0 aliphatic heterocycles. The summed E-state index contributed by atoms with van der Waals surface area (Å²) in [6.45, 7) is -0.424. The van der Waals surface area contributed by atoms with E-state index in [0.29, 0.717) is 5.69 Å². The van der Waals surface area contributed by atoms with E-state index < -0.39 is 60.7 Å². The van der Waals surface area contributed by atoms with E-state index in [1.54, 1.807) is 0 Å². The number of aliphatic carboxylic acids is 1. The van der Waals surface area contributed by atoms with Crippen LogP contribution in [0.3, 0.4) is 0 Å². The molecule has 160 valence electrons. The fraction of sp³-hybridized carbons (Fsp3) is 0.467. The van der Waals surface area contributed by atoms with Crippen molar-refractivity contribution in [1.29, 1.82) is 0 Å². The van der Waals surface area contributed by atoms with Crippen LogP contribution in [0.4, 0.5) is 0 Å². The van der Waals surface area contributed by atoms with E-state index in [1.165, 1.54) is 12.5 Å². The second kappa shape index (κ2) is 11.7. The highest BCUT2D eigenvalue weighted by atomic mass is 32.1. The smallest absolute Gasteiger partial charge is 0.326 e. The molecule has 1 heterocycles. The second-order valence-electron chi connectivity index (χ2n) is 5.92. The average molecular weight is 429 g/mol. The molecule has 3 atom stereocenters. The number of imidazole rings is 1. The molecule has 0 saturated heterocycles. The first-order valence-electron chi connectivity index (χ1n) is 8.37. The normalized spacial score (nSPS) is 13.6. The van der Waals surface area contributed by atoms with E-state index in [9.17, 15) is 29.1 Å². The lowest BCUT2D eigenvalue weighted by atomic mass is 10.1. The van der Waals surface area contributed by atoms with E-state index in [-0.39, 0.29) is 12.2 Å². The molecule has 0 saturated carbocycles. The fourth-order valence-corrected chi connectivity index (χ4v) is 2.48. The minimum atomic E-state index is -1.35. The first-order chi connectivity index (χ1) is 13.7. The molecule has 3 unspecified atom stereocenters. The number of thiol groups is 1. The van der Waals surface area contributed by atoms with E-state index >= 15 is 0 Å². The number of rotatable bonds is 12. The van der Waals surface area contributed by atoms with Gasteiger partial charge in [0.15, 0.2) is 0 Å². The van der Waals surface area contributed by atoms with Gasteiger partial charge in [-0.3, -0.25) is 19.2 Å². The molecule has 0 bridgehead atoms. The number of hydrogen-bond donors (Lipinski definition) is 8. The molecule has 0 radical (unpaired) electrons. The lowest BCUT2D eigenvalue weighted by Gasteiger charge is -2.23. The molecule has 0 aromatic carbocycles. The van der Waals surface area contributed by atoms with Crippen molar-refractivity contribution < 1.29 is 29.1 Å². The van der Waals surface area contributed by atoms with Gasteiger partial charge in [0, 0.05) is 24.1 Å². The van der Waals surface area contributed by atoms with Crippen molar-refractivity contribution in [2.45, 2.75) is 31.0 Å². The molecule has 1 rings (SSSR count). The van der Waals surface area contributed by atoms with Gasteiger partial charge in [-0.1, -0.05) is 0 Å². The highest BCUT2D eigenvalue weighted by molar-refractivity contribution is 7.80. The van der Waals surface area contributed by atoms with Crippen LogP contribution in [0.5, 0.6) is 0 Å². The lowest BCUT2D eigenvalue weighted by molar-refractivity contribution is -0.142. The van der Waals surface area contributed by atoms with Crippen LogP contribution in [0.25, 0.3) is 0 Å². The Bertz CT molecular complexity index is 742. The molecule has 29 heavy (non-hydrogen) atoms. The summed E-state index contributed by atoms with van der Waals surface area (Å²) in [4.78, 5) is 65.2. The Morgan fingerprint density at radius 2 is 1.72 bits per heavy atom. The number of H-pyrrole nitrogens is 1. The van der Waals surface area contributed by atoms with Crippen LogP contribution in [0.15, 0.2) is 12.5 Å². The number of carbonyl (C=O) groups excluding carboxylic acids is 4. The summed E-state index contributed by atoms with van der Waals surface area (Å²) in [6, 6.07) is -3.88. The number of carbonyl (C=O) groups is 5. The third-order valence-corrected chi connectivity index (χ3v) is 4.02. The zero-order chi connectivity index (χ0) is 22.0. The van der Waals surface area contributed by atoms with Gasteiger partial charge in [0.25, 0.3) is 0 Å². The minimum absolute atomic E-state index is 0.0643. The third kappa shape index (κ3) is 8.18. The number of hydrogen-bond acceptors (Lipinski definition) is 8. The molecule has 4 amide bonds. The molecule has 9 N–H and O–H groups in total. The number of carboxylic acids is 1. The largest absolute Gasteiger partial charge is 0.480 e. The number of aromatic amines is 1. The van der Waals surface area contributed by atoms with E-state index in [1.807, 2.05) is 0 Å². The molecule has 0 spiro atoms. The van der Waals surface area contributed by atoms with Crippen molar-refractivity contribution in [1.82, 2.24) is 25.9 Å². The van der Waals surface area contributed by atoms with E-state index in [4.69, 9.17) is 11.5 Å². The summed E-state index contributed by atoms with van der Waals surface area (Å²) in [6.07, 6.45) is 2.19. The van der Waals surface area contributed by atoms with Gasteiger partial charge in [-0.25, -0.2) is 9.78 Å². The molecule has 14 heteroatoms. The van der Waals surface area contributed by atoms with Crippen molar-refractivity contribution in [3.05, 3.63) is 18.2 Å². The molecule has 1 aromatic rings. The number of carboxylic acid groups (broad SMARTS) is 1. The minimum Gasteiger partial charge on any atom is -0.480 e. The van der Waals surface area contributed by atoms with Gasteiger partial charge in [0.2, 0.25) is 23.6 Å². The van der Waals surface area contributed by atoms with Gasteiger partial charge < -0.3 is 37.5 Å². The van der Waals surface area contributed by atoms with E-state index in [2.05, 4.69) is 38.5 Å². The van der Waals surface area contributed by atoms with Crippen LogP contribution in [0.1, 0.15) is 12.1 Å². The molecule has 0 aliphatic carbocycles. The van der Waals surface area contributed by atoms with Crippen LogP contribution in [-0.2, 0) is 30.4 Å². The standard InChI is InChI=1S/C15H23N7O6S/c16-3-12(24)20-8(2-11(17)23)13(25)22-10(5-29)14(26)21-9(15(27)28)1-7-4-18-6-19-7/h4,6,8-10,29H,1-3,5,16H2,(H2,17,23)(H,18,19)(H,20,24)(H,21,26)(H,22,25)(H,27,28). The Morgan fingerprint density at radius 1 is 1.10 bits per heavy atom. The second-order valence-corrected chi connectivity index (χ2v) is 6.28. The third-order valence-electron chi connectivity index (χ3n) is 3.65. The van der Waals surface area contributed by atoms with Crippen molar-refractivity contribution >= 4 is 42.2 Å². The molecule has 1 aromatic heterocycles. The Hall–Kier alpha value is -3.13. The number of nitrogens with zero attached hydrogens (tertiary/aromatic N) is 1. The lowest BCUT2D eigenvalue weighted by Crippen LogP contribution is -2.57. The summed E-state index contributed by atoms with van der Waals surface area (Å²) in [5.74, 6) is -4.73. The maximum atomic E-state index is 12.4. The van der Waals surface area contributed by atoms with Crippen molar-refractivity contribution in [2.24, 2.45) is 11.5 Å². The summed E-state index contributed by atoms with van der Waals surface area (Å²) in [5, 5.41) is 16.1. The van der Waals surface area contributed by atoms with Gasteiger partial charge in [0.1, 0.15) is 18.1 Å². The Morgan fingerprint density at radius 3 is 2.21 bits per heavy atom. The van der Waals surface area contributed by atoms with Gasteiger partial charge in [0.05, 0.1) is 19.3 Å². The SMILES string of the molecule is NCC(=O)NC(CC(N)=O)C(=O)NC(CS)C(=O)NC(Cc1cnc[nH]1)C(=O)O. The fourth-order valence-electron chi connectivity index (χ4n) is 2.22. The highest BCUT2D eigenvalue weighted by Gasteiger charge is 2.29. The van der Waals surface area contributed by atoms with Crippen LogP contribution >= 0.6 is 12.6 Å². The maximum Gasteiger partial charge on any atom is 0.326 e. The zero-order valence-electron chi connectivity index (χ0n) is 15.3. The van der Waals surface area contributed by atoms with Crippen LogP contribution in [-0.4, -0.2) is 75.1 Å². The monoisotopic (exact) mass is 429 g/mol.